The van der Waals surface area contributed by atoms with Crippen LogP contribution in [-0.2, 0) is 4.79 Å². The fraction of sp³-hybridized carbons (Fsp3) is 0.400. The Hall–Kier alpha value is -1.81. The lowest BCUT2D eigenvalue weighted by molar-refractivity contribution is -0.116. The third kappa shape index (κ3) is 2.49. The highest BCUT2D eigenvalue weighted by molar-refractivity contribution is 6.03. The summed E-state index contributed by atoms with van der Waals surface area (Å²) < 4.78 is 0. The second kappa shape index (κ2) is 5.05. The molecule has 4 nitrogen and oxygen atoms in total. The number of benzene rings is 1. The topological polar surface area (TPSA) is 56.9 Å². The van der Waals surface area contributed by atoms with Gasteiger partial charge >= 0.3 is 0 Å². The van der Waals surface area contributed by atoms with Crippen molar-refractivity contribution in [3.8, 4) is 0 Å². The Bertz CT molecular complexity index is 596. The van der Waals surface area contributed by atoms with E-state index in [4.69, 9.17) is 0 Å². The van der Waals surface area contributed by atoms with Crippen LogP contribution in [0.25, 0.3) is 10.9 Å². The van der Waals surface area contributed by atoms with Crippen molar-refractivity contribution in [1.29, 1.82) is 0 Å². The first-order valence-electron chi connectivity index (χ1n) is 6.84. The van der Waals surface area contributed by atoms with E-state index in [1.165, 1.54) is 6.42 Å². The van der Waals surface area contributed by atoms with Crippen LogP contribution in [0.3, 0.4) is 0 Å². The average Bonchev–Trinajstić information content (AvgIpc) is 2.99. The maximum atomic E-state index is 12.1. The molecule has 1 aromatic carbocycles. The molecular formula is C15H19N3O. The highest BCUT2D eigenvalue weighted by Gasteiger charge is 2.19. The molecule has 1 fully saturated rings. The van der Waals surface area contributed by atoms with Crippen molar-refractivity contribution in [1.82, 2.24) is 10.3 Å². The Labute approximate surface area is 112 Å². The van der Waals surface area contributed by atoms with Crippen molar-refractivity contribution in [2.75, 3.05) is 11.9 Å². The standard InChI is InChI=1S/C15H19N3O/c1-10-15(12-6-2-3-7-13(12)17-10)18-14(19)9-11-5-4-8-16-11/h2-3,6-7,11,16-17H,4-5,8-9H2,1H3,(H,18,19). The molecule has 1 atom stereocenters. The summed E-state index contributed by atoms with van der Waals surface area (Å²) in [7, 11) is 0. The lowest BCUT2D eigenvalue weighted by Crippen LogP contribution is -2.27. The van der Waals surface area contributed by atoms with E-state index in [1.807, 2.05) is 31.2 Å². The van der Waals surface area contributed by atoms with E-state index < -0.39 is 0 Å². The summed E-state index contributed by atoms with van der Waals surface area (Å²) in [4.78, 5) is 15.4. The van der Waals surface area contributed by atoms with Crippen LogP contribution in [0.5, 0.6) is 0 Å². The molecule has 1 amide bonds. The Morgan fingerprint density at radius 2 is 2.26 bits per heavy atom. The third-order valence-corrected chi connectivity index (χ3v) is 3.75. The summed E-state index contributed by atoms with van der Waals surface area (Å²) in [5.74, 6) is 0.0900. The van der Waals surface area contributed by atoms with Gasteiger partial charge in [-0.3, -0.25) is 4.79 Å². The van der Waals surface area contributed by atoms with Gasteiger partial charge in [0.25, 0.3) is 0 Å². The van der Waals surface area contributed by atoms with Crippen LogP contribution in [-0.4, -0.2) is 23.5 Å². The fourth-order valence-corrected chi connectivity index (χ4v) is 2.78. The van der Waals surface area contributed by atoms with E-state index in [0.717, 1.165) is 35.2 Å². The van der Waals surface area contributed by atoms with Crippen molar-refractivity contribution in [3.05, 3.63) is 30.0 Å². The molecule has 0 saturated carbocycles. The SMILES string of the molecule is Cc1[nH]c2ccccc2c1NC(=O)CC1CCCN1. The number of fused-ring (bicyclic) bond motifs is 1. The lowest BCUT2D eigenvalue weighted by Gasteiger charge is -2.10. The van der Waals surface area contributed by atoms with Gasteiger partial charge in [0.2, 0.25) is 5.91 Å². The molecule has 1 saturated heterocycles. The van der Waals surface area contributed by atoms with Crippen molar-refractivity contribution < 1.29 is 4.79 Å². The molecule has 19 heavy (non-hydrogen) atoms. The third-order valence-electron chi connectivity index (χ3n) is 3.75. The maximum Gasteiger partial charge on any atom is 0.226 e. The van der Waals surface area contributed by atoms with Gasteiger partial charge in [0, 0.05) is 29.1 Å². The van der Waals surface area contributed by atoms with Crippen LogP contribution in [0.15, 0.2) is 24.3 Å². The number of amides is 1. The minimum atomic E-state index is 0.0900. The number of anilines is 1. The molecule has 2 heterocycles. The molecule has 0 radical (unpaired) electrons. The molecule has 0 bridgehead atoms. The number of carbonyl (C=O) groups excluding carboxylic acids is 1. The molecule has 0 spiro atoms. The van der Waals surface area contributed by atoms with E-state index in [0.29, 0.717) is 12.5 Å². The summed E-state index contributed by atoms with van der Waals surface area (Å²) in [6.07, 6.45) is 2.82. The van der Waals surface area contributed by atoms with Gasteiger partial charge in [0.05, 0.1) is 5.69 Å². The zero-order chi connectivity index (χ0) is 13.2. The highest BCUT2D eigenvalue weighted by Crippen LogP contribution is 2.27. The second-order valence-electron chi connectivity index (χ2n) is 5.22. The van der Waals surface area contributed by atoms with E-state index in [9.17, 15) is 4.79 Å². The number of hydrogen-bond acceptors (Lipinski definition) is 2. The fourth-order valence-electron chi connectivity index (χ4n) is 2.78. The monoisotopic (exact) mass is 257 g/mol. The molecule has 100 valence electrons. The minimum Gasteiger partial charge on any atom is -0.357 e. The lowest BCUT2D eigenvalue weighted by atomic mass is 10.1. The second-order valence-corrected chi connectivity index (χ2v) is 5.22. The summed E-state index contributed by atoms with van der Waals surface area (Å²) in [6.45, 7) is 3.02. The van der Waals surface area contributed by atoms with Crippen molar-refractivity contribution in [2.24, 2.45) is 0 Å². The van der Waals surface area contributed by atoms with Gasteiger partial charge in [-0.05, 0) is 32.4 Å². The summed E-state index contributed by atoms with van der Waals surface area (Å²) in [6, 6.07) is 8.38. The molecule has 3 rings (SSSR count). The van der Waals surface area contributed by atoms with Crippen molar-refractivity contribution in [3.63, 3.8) is 0 Å². The molecule has 1 aliphatic rings. The largest absolute Gasteiger partial charge is 0.357 e. The Morgan fingerprint density at radius 1 is 1.42 bits per heavy atom. The van der Waals surface area contributed by atoms with Gasteiger partial charge < -0.3 is 15.6 Å². The first kappa shape index (κ1) is 12.2. The number of aromatic amines is 1. The zero-order valence-electron chi connectivity index (χ0n) is 11.1. The van der Waals surface area contributed by atoms with E-state index >= 15 is 0 Å². The highest BCUT2D eigenvalue weighted by atomic mass is 16.1. The van der Waals surface area contributed by atoms with Crippen molar-refractivity contribution in [2.45, 2.75) is 32.2 Å². The van der Waals surface area contributed by atoms with Gasteiger partial charge in [-0.15, -0.1) is 0 Å². The molecule has 1 aliphatic heterocycles. The number of aryl methyl sites for hydroxylation is 1. The number of para-hydroxylation sites is 1. The van der Waals surface area contributed by atoms with Gasteiger partial charge in [-0.1, -0.05) is 18.2 Å². The smallest absolute Gasteiger partial charge is 0.226 e. The van der Waals surface area contributed by atoms with E-state index in [-0.39, 0.29) is 5.91 Å². The molecule has 1 unspecified atom stereocenters. The number of aromatic nitrogens is 1. The average molecular weight is 257 g/mol. The van der Waals surface area contributed by atoms with Crippen LogP contribution in [0.4, 0.5) is 5.69 Å². The summed E-state index contributed by atoms with van der Waals surface area (Å²) >= 11 is 0. The normalized spacial score (nSPS) is 18.9. The van der Waals surface area contributed by atoms with Crippen LogP contribution >= 0.6 is 0 Å². The number of nitrogens with one attached hydrogen (secondary N) is 3. The first-order chi connectivity index (χ1) is 9.24. The molecular weight excluding hydrogens is 238 g/mol. The minimum absolute atomic E-state index is 0.0900. The molecule has 4 heteroatoms. The molecule has 1 aromatic heterocycles. The van der Waals surface area contributed by atoms with Crippen molar-refractivity contribution >= 4 is 22.5 Å². The molecule has 3 N–H and O–H groups in total. The van der Waals surface area contributed by atoms with Gasteiger partial charge in [0.15, 0.2) is 0 Å². The van der Waals surface area contributed by atoms with Gasteiger partial charge in [-0.25, -0.2) is 0 Å². The Balaban J connectivity index is 1.77. The van der Waals surface area contributed by atoms with Crippen LogP contribution < -0.4 is 10.6 Å². The van der Waals surface area contributed by atoms with Gasteiger partial charge in [0.1, 0.15) is 0 Å². The zero-order valence-corrected chi connectivity index (χ0v) is 11.1. The maximum absolute atomic E-state index is 12.1. The number of rotatable bonds is 3. The quantitative estimate of drug-likeness (QED) is 0.791. The van der Waals surface area contributed by atoms with Crippen LogP contribution in [0, 0.1) is 6.92 Å². The molecule has 0 aliphatic carbocycles. The van der Waals surface area contributed by atoms with E-state index in [1.54, 1.807) is 0 Å². The van der Waals surface area contributed by atoms with Crippen LogP contribution in [0.1, 0.15) is 25.0 Å². The number of hydrogen-bond donors (Lipinski definition) is 3. The van der Waals surface area contributed by atoms with E-state index in [2.05, 4.69) is 15.6 Å². The molecule has 2 aromatic rings. The predicted molar refractivity (Wildman–Crippen MR) is 77.3 cm³/mol. The summed E-state index contributed by atoms with van der Waals surface area (Å²) in [5.41, 5.74) is 2.99. The number of H-pyrrole nitrogens is 1. The number of carbonyl (C=O) groups is 1. The Kier molecular flexibility index (Phi) is 3.25. The van der Waals surface area contributed by atoms with Crippen LogP contribution in [0.2, 0.25) is 0 Å². The Morgan fingerprint density at radius 3 is 3.05 bits per heavy atom. The first-order valence-corrected chi connectivity index (χ1v) is 6.84. The summed E-state index contributed by atoms with van der Waals surface area (Å²) in [5, 5.41) is 7.48. The van der Waals surface area contributed by atoms with Gasteiger partial charge in [-0.2, -0.15) is 0 Å². The predicted octanol–water partition coefficient (Wildman–Crippen LogP) is 2.56.